The first-order chi connectivity index (χ1) is 43.5. The van der Waals surface area contributed by atoms with Gasteiger partial charge in [-0.15, -0.1) is 0 Å². The topological polar surface area (TPSA) is 213 Å². The van der Waals surface area contributed by atoms with Crippen molar-refractivity contribution in [1.82, 2.24) is 4.90 Å². The van der Waals surface area contributed by atoms with Gasteiger partial charge in [-0.2, -0.15) is 0 Å². The van der Waals surface area contributed by atoms with Crippen molar-refractivity contribution in [3.63, 3.8) is 0 Å². The second-order valence-electron chi connectivity index (χ2n) is 33.4. The first-order valence-corrected chi connectivity index (χ1v) is 35.1. The van der Waals surface area contributed by atoms with Crippen molar-refractivity contribution in [1.29, 1.82) is 0 Å². The number of phenolic OH excluding ortho intramolecular Hbond substituents is 4. The van der Waals surface area contributed by atoms with Crippen LogP contribution in [0.2, 0.25) is 0 Å². The number of carboxylic acid groups (broad SMARTS) is 2. The SMILES string of the molecule is CC(=O)O.CC(=O)O.CC(C)(C)c1cc(C=N[C@H]2CCCC[C@@H]2N=Cc2cc(C(C)(C)C)cc(C(C)(C)C)c2O)c(O)c(C(C)(C)C)c1.CC(C)(C)c1cc(C=N[C@H]2CCCC[C@@H]2N=Cc2cc(C(C)(C)C)cc(C[NH+]3CCCCC3)c2O)c(O)c(CN2CCCCC2)c1.[CH3-].[Co].[Co]. The number of carboxylic acids is 2. The summed E-state index contributed by atoms with van der Waals surface area (Å²) >= 11 is 0. The molecule has 2 aliphatic heterocycles. The largest absolute Gasteiger partial charge is 0.507 e. The van der Waals surface area contributed by atoms with E-state index in [1.54, 1.807) is 4.90 Å². The number of benzene rings is 4. The van der Waals surface area contributed by atoms with Crippen LogP contribution in [0.25, 0.3) is 0 Å². The third-order valence-corrected chi connectivity index (χ3v) is 18.6. The number of aliphatic imine (C=N–C) groups is 4. The van der Waals surface area contributed by atoms with Crippen LogP contribution in [0.4, 0.5) is 0 Å². The first kappa shape index (κ1) is 87.7. The summed E-state index contributed by atoms with van der Waals surface area (Å²) in [6.45, 7) is 47.8. The van der Waals surface area contributed by atoms with E-state index in [0.29, 0.717) is 23.0 Å². The van der Waals surface area contributed by atoms with Crippen LogP contribution in [0.3, 0.4) is 0 Å². The van der Waals surface area contributed by atoms with E-state index in [1.807, 2.05) is 24.9 Å². The fourth-order valence-electron chi connectivity index (χ4n) is 12.7. The van der Waals surface area contributed by atoms with Gasteiger partial charge in [0.2, 0.25) is 0 Å². The van der Waals surface area contributed by atoms with Crippen molar-refractivity contribution in [2.45, 2.75) is 298 Å². The number of nitrogens with one attached hydrogen (secondary N) is 1. The quantitative estimate of drug-likeness (QED) is 0.0530. The Bertz CT molecular complexity index is 3060. The van der Waals surface area contributed by atoms with E-state index in [-0.39, 0.29) is 97.6 Å². The maximum absolute atomic E-state index is 11.5. The molecule has 546 valence electrons. The number of rotatable bonds is 12. The minimum atomic E-state index is -0.833. The van der Waals surface area contributed by atoms with Gasteiger partial charge in [0, 0.05) is 123 Å². The molecule has 14 nitrogen and oxygen atoms in total. The molecule has 4 aliphatic rings. The zero-order chi connectivity index (χ0) is 70.3. The summed E-state index contributed by atoms with van der Waals surface area (Å²) in [5.74, 6) is -0.279. The van der Waals surface area contributed by atoms with Gasteiger partial charge >= 0.3 is 0 Å². The third kappa shape index (κ3) is 27.6. The molecule has 0 bridgehead atoms. The van der Waals surface area contributed by atoms with Gasteiger partial charge in [-0.1, -0.05) is 175 Å². The number of nitrogens with zero attached hydrogens (tertiary/aromatic N) is 5. The van der Waals surface area contributed by atoms with Crippen LogP contribution in [0.1, 0.15) is 295 Å². The summed E-state index contributed by atoms with van der Waals surface area (Å²) in [6, 6.07) is 17.3. The molecule has 4 fully saturated rings. The molecule has 16 heteroatoms. The maximum Gasteiger partial charge on any atom is 0.300 e. The second kappa shape index (κ2) is 37.9. The number of hydrogen-bond donors (Lipinski definition) is 7. The average molecular weight is 1430 g/mol. The van der Waals surface area contributed by atoms with Crippen molar-refractivity contribution in [2.75, 3.05) is 26.2 Å². The summed E-state index contributed by atoms with van der Waals surface area (Å²) < 4.78 is 0. The van der Waals surface area contributed by atoms with Gasteiger partial charge in [0.05, 0.1) is 37.3 Å². The Kier molecular flexibility index (Phi) is 34.3. The summed E-state index contributed by atoms with van der Waals surface area (Å²) in [7, 11) is 0. The van der Waals surface area contributed by atoms with E-state index in [1.165, 1.54) is 73.9 Å². The zero-order valence-electron chi connectivity index (χ0n) is 63.3. The van der Waals surface area contributed by atoms with E-state index in [0.717, 1.165) is 136 Å². The molecule has 4 aromatic carbocycles. The molecule has 0 aromatic heterocycles. The molecular weight excluding hydrogens is 1300 g/mol. The molecule has 0 amide bonds. The third-order valence-electron chi connectivity index (χ3n) is 18.6. The molecule has 7 N–H and O–H groups in total. The van der Waals surface area contributed by atoms with Gasteiger partial charge in [-0.25, -0.2) is 0 Å². The van der Waals surface area contributed by atoms with Crippen LogP contribution in [-0.4, -0.2) is 123 Å². The molecule has 4 aromatic rings. The predicted molar refractivity (Wildman–Crippen MR) is 398 cm³/mol. The number of phenols is 4. The number of aromatic hydroxyl groups is 4. The van der Waals surface area contributed by atoms with Crippen molar-refractivity contribution in [3.8, 4) is 23.0 Å². The monoisotopic (exact) mass is 1430 g/mol. The molecule has 8 rings (SSSR count). The molecule has 2 radical (unpaired) electrons. The van der Waals surface area contributed by atoms with E-state index in [2.05, 4.69) is 178 Å². The molecule has 0 spiro atoms. The minimum Gasteiger partial charge on any atom is -0.507 e. The van der Waals surface area contributed by atoms with Crippen LogP contribution in [0.15, 0.2) is 68.5 Å². The van der Waals surface area contributed by atoms with Gasteiger partial charge in [0.1, 0.15) is 29.5 Å². The van der Waals surface area contributed by atoms with Gasteiger partial charge < -0.3 is 43.0 Å². The molecule has 2 aliphatic carbocycles. The van der Waals surface area contributed by atoms with Crippen LogP contribution in [-0.2, 0) is 88.7 Å². The molecule has 97 heavy (non-hydrogen) atoms. The first-order valence-electron chi connectivity index (χ1n) is 35.1. The Balaban J connectivity index is 0.000000582. The summed E-state index contributed by atoms with van der Waals surface area (Å²) in [5.41, 5.74) is 11.5. The van der Waals surface area contributed by atoms with E-state index < -0.39 is 11.9 Å². The minimum absolute atomic E-state index is 0. The molecule has 2 saturated heterocycles. The van der Waals surface area contributed by atoms with Gasteiger partial charge in [-0.05, 0) is 156 Å². The number of hydrogen-bond acceptors (Lipinski definition) is 11. The summed E-state index contributed by atoms with van der Waals surface area (Å²) in [4.78, 5) is 42.3. The van der Waals surface area contributed by atoms with Crippen LogP contribution in [0, 0.1) is 7.43 Å². The molecular formula is C81H126Co2N6O8. The predicted octanol–water partition coefficient (Wildman–Crippen LogP) is 16.9. The number of piperidine rings is 2. The fraction of sp³-hybridized carbons (Fsp3) is 0.617. The Hall–Kier alpha value is -5.37. The van der Waals surface area contributed by atoms with Crippen molar-refractivity contribution in [3.05, 3.63) is 123 Å². The number of quaternary nitrogens is 1. The molecule has 0 unspecified atom stereocenters. The Morgan fingerprint density at radius 3 is 0.979 bits per heavy atom. The standard InChI is InChI=1S/C40H60N4O2.C36H54N2O2.2C2H4O2.CH3.2Co/c1-39(2,3)33-21-29(37(45)31(23-33)27-43-17-11-7-12-18-43)25-41-35-15-9-10-16-36(35)42-26-30-22-34(40(4,5)6)24-32(38(30)46)28-44-19-13-8-14-20-44;1-33(2,3)25-17-23(31(39)27(19-25)35(7,8)9)21-37-29-15-13-14-16-30(29)38-22-24-18-26(34(4,5)6)20-28(32(24)40)36(10,11)12;2*1-2(3)4;;;/h21-26,35-36,45-46H,7-20,27-28H2,1-6H3;17-22,29-30,39-40H,13-16H2,1-12H3;2*1H3,(H,3,4);1H3;;/q;;;;-1;;/p+1/t35-,36-;29-,30-;;;;;/m00...../s1. The van der Waals surface area contributed by atoms with E-state index >= 15 is 0 Å². The molecule has 2 saturated carbocycles. The summed E-state index contributed by atoms with van der Waals surface area (Å²) in [6.07, 6.45) is 23.6. The van der Waals surface area contributed by atoms with Gasteiger partial charge in [0.15, 0.2) is 0 Å². The Morgan fingerprint density at radius 1 is 0.412 bits per heavy atom. The number of carbonyl (C=O) groups is 2. The van der Waals surface area contributed by atoms with E-state index in [4.69, 9.17) is 39.8 Å². The normalized spacial score (nSPS) is 19.3. The van der Waals surface area contributed by atoms with Crippen molar-refractivity contribution in [2.24, 2.45) is 20.0 Å². The Morgan fingerprint density at radius 2 is 0.680 bits per heavy atom. The van der Waals surface area contributed by atoms with Crippen LogP contribution < -0.4 is 4.90 Å². The van der Waals surface area contributed by atoms with E-state index in [9.17, 15) is 20.4 Å². The number of likely N-dealkylation sites (tertiary alicyclic amines) is 2. The Labute approximate surface area is 606 Å². The zero-order valence-corrected chi connectivity index (χ0v) is 65.4. The smallest absolute Gasteiger partial charge is 0.300 e. The molecule has 4 atom stereocenters. The maximum atomic E-state index is 11.5. The van der Waals surface area contributed by atoms with Crippen molar-refractivity contribution < 1.29 is 78.7 Å². The van der Waals surface area contributed by atoms with Crippen LogP contribution >= 0.6 is 0 Å². The fourth-order valence-corrected chi connectivity index (χ4v) is 12.7. The van der Waals surface area contributed by atoms with Gasteiger partial charge in [-0.3, -0.25) is 34.5 Å². The van der Waals surface area contributed by atoms with Crippen molar-refractivity contribution >= 4 is 36.8 Å². The number of aliphatic carboxylic acids is 2. The molecule has 2 heterocycles. The van der Waals surface area contributed by atoms with Crippen LogP contribution in [0.5, 0.6) is 23.0 Å². The second-order valence-corrected chi connectivity index (χ2v) is 33.4. The summed E-state index contributed by atoms with van der Waals surface area (Å²) in [5, 5.41) is 60.2. The van der Waals surface area contributed by atoms with Gasteiger partial charge in [0.25, 0.3) is 11.9 Å². The average Bonchev–Trinajstić information content (AvgIpc) is 0.809.